The fourth-order valence-electron chi connectivity index (χ4n) is 3.09. The van der Waals surface area contributed by atoms with Crippen LogP contribution in [0.5, 0.6) is 0 Å². The summed E-state index contributed by atoms with van der Waals surface area (Å²) in [6.45, 7) is 5.86. The van der Waals surface area contributed by atoms with E-state index in [-0.39, 0.29) is 5.92 Å². The Hall–Kier alpha value is -0.960. The molecule has 6 nitrogen and oxygen atoms in total. The van der Waals surface area contributed by atoms with E-state index < -0.39 is 28.3 Å². The maximum absolute atomic E-state index is 11.7. The summed E-state index contributed by atoms with van der Waals surface area (Å²) in [7, 11) is 0. The molecule has 0 saturated carbocycles. The minimum atomic E-state index is -2.46. The van der Waals surface area contributed by atoms with Gasteiger partial charge in [0.15, 0.2) is 0 Å². The second-order valence-electron chi connectivity index (χ2n) is 6.26. The number of nitrogens with zero attached hydrogens (tertiary/aromatic N) is 2. The first-order chi connectivity index (χ1) is 11.3. The maximum atomic E-state index is 11.7. The van der Waals surface area contributed by atoms with Crippen molar-refractivity contribution in [2.45, 2.75) is 19.2 Å². The fourth-order valence-corrected chi connectivity index (χ4v) is 4.48. The van der Waals surface area contributed by atoms with Gasteiger partial charge in [0.1, 0.15) is 0 Å². The minimum Gasteiger partial charge on any atom is -0.771 e. The van der Waals surface area contributed by atoms with Gasteiger partial charge in [-0.15, -0.1) is 0 Å². The Morgan fingerprint density at radius 1 is 1.21 bits per heavy atom. The molecule has 1 aromatic carbocycles. The van der Waals surface area contributed by atoms with Crippen molar-refractivity contribution >= 4 is 38.7 Å². The molecule has 24 heavy (non-hydrogen) atoms. The molecular formula is C16H22BrN2O4S-. The van der Waals surface area contributed by atoms with Crippen LogP contribution in [0.3, 0.4) is 0 Å². The van der Waals surface area contributed by atoms with E-state index in [0.717, 1.165) is 10.2 Å². The Bertz CT molecular complexity index is 588. The van der Waals surface area contributed by atoms with Crippen LogP contribution in [0.1, 0.15) is 13.8 Å². The van der Waals surface area contributed by atoms with Gasteiger partial charge >= 0.3 is 5.97 Å². The van der Waals surface area contributed by atoms with Crippen LogP contribution in [0.2, 0.25) is 0 Å². The number of carboxylic acid groups (broad SMARTS) is 1. The number of rotatable bonds is 6. The van der Waals surface area contributed by atoms with Gasteiger partial charge in [0.05, 0.1) is 11.3 Å². The molecule has 134 valence electrons. The summed E-state index contributed by atoms with van der Waals surface area (Å²) in [6.07, 6.45) is 0. The number of halogens is 1. The molecule has 1 saturated heterocycles. The molecule has 0 amide bonds. The average Bonchev–Trinajstić information content (AvgIpc) is 2.52. The van der Waals surface area contributed by atoms with Crippen LogP contribution in [0.4, 0.5) is 5.69 Å². The van der Waals surface area contributed by atoms with E-state index in [1.54, 1.807) is 18.7 Å². The molecule has 2 rings (SSSR count). The first-order valence-corrected chi connectivity index (χ1v) is 9.79. The van der Waals surface area contributed by atoms with Gasteiger partial charge in [0, 0.05) is 36.3 Å². The monoisotopic (exact) mass is 417 g/mol. The van der Waals surface area contributed by atoms with Gasteiger partial charge in [0.2, 0.25) is 0 Å². The Labute approximate surface area is 153 Å². The summed E-state index contributed by atoms with van der Waals surface area (Å²) in [4.78, 5) is 15.5. The number of carboxylic acids is 1. The molecule has 1 aliphatic rings. The molecule has 3 unspecified atom stereocenters. The third-order valence-corrected chi connectivity index (χ3v) is 5.89. The van der Waals surface area contributed by atoms with Crippen LogP contribution in [0.15, 0.2) is 28.7 Å². The van der Waals surface area contributed by atoms with Gasteiger partial charge in [0.25, 0.3) is 0 Å². The Balaban J connectivity index is 2.09. The average molecular weight is 418 g/mol. The third kappa shape index (κ3) is 4.56. The summed E-state index contributed by atoms with van der Waals surface area (Å²) in [5, 5.41) is 8.44. The van der Waals surface area contributed by atoms with Gasteiger partial charge < -0.3 is 14.6 Å². The van der Waals surface area contributed by atoms with Crippen molar-refractivity contribution in [2.24, 2.45) is 11.8 Å². The van der Waals surface area contributed by atoms with Crippen molar-refractivity contribution in [3.05, 3.63) is 28.7 Å². The number of piperazine rings is 1. The summed E-state index contributed by atoms with van der Waals surface area (Å²) in [5.74, 6) is -2.24. The number of anilines is 1. The quantitative estimate of drug-likeness (QED) is 0.713. The molecular weight excluding hydrogens is 396 g/mol. The number of carbonyl (C=O) groups is 1. The largest absolute Gasteiger partial charge is 0.771 e. The van der Waals surface area contributed by atoms with Crippen LogP contribution in [-0.2, 0) is 15.9 Å². The van der Waals surface area contributed by atoms with E-state index in [2.05, 4.69) is 20.8 Å². The van der Waals surface area contributed by atoms with E-state index in [9.17, 15) is 18.7 Å². The van der Waals surface area contributed by atoms with Crippen LogP contribution >= 0.6 is 15.9 Å². The Kier molecular flexibility index (Phi) is 6.79. The van der Waals surface area contributed by atoms with E-state index in [1.165, 1.54) is 0 Å². The minimum absolute atomic E-state index is 0.255. The lowest BCUT2D eigenvalue weighted by Gasteiger charge is -2.43. The highest BCUT2D eigenvalue weighted by Gasteiger charge is 2.37. The molecule has 1 N–H and O–H groups in total. The molecule has 0 aromatic heterocycles. The molecule has 1 fully saturated rings. The SMILES string of the molecule is CC(C)C(C(=O)O)C(N1CCN(c2ccc(Br)cc2)CC1)S(=O)[O-]. The van der Waals surface area contributed by atoms with Crippen molar-refractivity contribution in [3.8, 4) is 0 Å². The summed E-state index contributed by atoms with van der Waals surface area (Å²) >= 11 is 0.946. The zero-order valence-electron chi connectivity index (χ0n) is 13.7. The van der Waals surface area contributed by atoms with Gasteiger partial charge in [-0.1, -0.05) is 29.8 Å². The Morgan fingerprint density at radius 2 is 1.75 bits per heavy atom. The Morgan fingerprint density at radius 3 is 2.17 bits per heavy atom. The lowest BCUT2D eigenvalue weighted by atomic mass is 9.94. The maximum Gasteiger partial charge on any atom is 0.309 e. The predicted octanol–water partition coefficient (Wildman–Crippen LogP) is 2.13. The number of benzene rings is 1. The van der Waals surface area contributed by atoms with Crippen molar-refractivity contribution in [3.63, 3.8) is 0 Å². The molecule has 3 atom stereocenters. The van der Waals surface area contributed by atoms with Crippen LogP contribution < -0.4 is 4.90 Å². The number of aliphatic carboxylic acids is 1. The topological polar surface area (TPSA) is 83.9 Å². The second kappa shape index (κ2) is 8.42. The molecule has 1 aromatic rings. The normalized spacial score (nSPS) is 20.0. The predicted molar refractivity (Wildman–Crippen MR) is 96.6 cm³/mol. The second-order valence-corrected chi connectivity index (χ2v) is 8.18. The van der Waals surface area contributed by atoms with Crippen LogP contribution in [0, 0.1) is 11.8 Å². The summed E-state index contributed by atoms with van der Waals surface area (Å²) in [6, 6.07) is 7.96. The van der Waals surface area contributed by atoms with E-state index in [4.69, 9.17) is 0 Å². The number of hydrogen-bond acceptors (Lipinski definition) is 5. The molecule has 1 aliphatic heterocycles. The first kappa shape index (κ1) is 19.4. The van der Waals surface area contributed by atoms with Crippen molar-refractivity contribution in [1.82, 2.24) is 4.90 Å². The van der Waals surface area contributed by atoms with Gasteiger partial charge in [-0.25, -0.2) is 0 Å². The molecule has 0 bridgehead atoms. The zero-order valence-corrected chi connectivity index (χ0v) is 16.1. The lowest BCUT2D eigenvalue weighted by molar-refractivity contribution is -0.144. The van der Waals surface area contributed by atoms with Crippen molar-refractivity contribution in [2.75, 3.05) is 31.1 Å². The van der Waals surface area contributed by atoms with Gasteiger partial charge in [-0.05, 0) is 41.3 Å². The van der Waals surface area contributed by atoms with E-state index in [0.29, 0.717) is 26.2 Å². The molecule has 8 heteroatoms. The van der Waals surface area contributed by atoms with E-state index in [1.807, 2.05) is 24.3 Å². The fraction of sp³-hybridized carbons (Fsp3) is 0.562. The molecule has 0 aliphatic carbocycles. The smallest absolute Gasteiger partial charge is 0.309 e. The molecule has 0 spiro atoms. The van der Waals surface area contributed by atoms with Crippen LogP contribution in [0.25, 0.3) is 0 Å². The van der Waals surface area contributed by atoms with Gasteiger partial charge in [-0.2, -0.15) is 0 Å². The van der Waals surface area contributed by atoms with Crippen molar-refractivity contribution < 1.29 is 18.7 Å². The molecule has 0 radical (unpaired) electrons. The highest BCUT2D eigenvalue weighted by molar-refractivity contribution is 9.10. The number of hydrogen-bond donors (Lipinski definition) is 1. The zero-order chi connectivity index (χ0) is 17.9. The van der Waals surface area contributed by atoms with E-state index >= 15 is 0 Å². The molecule has 1 heterocycles. The lowest BCUT2D eigenvalue weighted by Crippen LogP contribution is -2.55. The summed E-state index contributed by atoms with van der Waals surface area (Å²) in [5.41, 5.74) is 1.08. The highest BCUT2D eigenvalue weighted by Crippen LogP contribution is 2.26. The highest BCUT2D eigenvalue weighted by atomic mass is 79.9. The standard InChI is InChI=1S/C16H23BrN2O4S/c1-11(2)14(16(20)21)15(24(22)23)19-9-7-18(8-10-19)13-5-3-12(17)4-6-13/h3-6,11,14-15H,7-10H2,1-2H3,(H,20,21)(H,22,23)/p-1. The summed E-state index contributed by atoms with van der Waals surface area (Å²) < 4.78 is 24.4. The van der Waals surface area contributed by atoms with Crippen molar-refractivity contribution in [1.29, 1.82) is 0 Å². The first-order valence-electron chi connectivity index (χ1n) is 7.86. The third-order valence-electron chi connectivity index (χ3n) is 4.37. The van der Waals surface area contributed by atoms with Gasteiger partial charge in [-0.3, -0.25) is 13.9 Å². The van der Waals surface area contributed by atoms with Crippen LogP contribution in [-0.4, -0.2) is 56.3 Å².